The molecule has 1 unspecified atom stereocenters. The number of fused-ring (bicyclic) bond motifs is 1. The van der Waals surface area contributed by atoms with Crippen molar-refractivity contribution in [3.63, 3.8) is 0 Å². The molecule has 1 fully saturated rings. The predicted molar refractivity (Wildman–Crippen MR) is 189 cm³/mol. The van der Waals surface area contributed by atoms with Gasteiger partial charge in [0.05, 0.1) is 23.7 Å². The van der Waals surface area contributed by atoms with E-state index in [1.807, 2.05) is 18.2 Å². The van der Waals surface area contributed by atoms with Gasteiger partial charge in [0.15, 0.2) is 5.78 Å². The largest absolute Gasteiger partial charge is 0.481 e. The van der Waals surface area contributed by atoms with Crippen molar-refractivity contribution in [1.82, 2.24) is 19.6 Å². The highest BCUT2D eigenvalue weighted by molar-refractivity contribution is 7.17. The first kappa shape index (κ1) is 36.4. The number of ether oxygens (including phenoxy) is 1. The molecule has 5 rings (SSSR count). The number of carbonyl (C=O) groups is 4. The van der Waals surface area contributed by atoms with Crippen molar-refractivity contribution < 1.29 is 29.0 Å². The van der Waals surface area contributed by atoms with E-state index in [0.29, 0.717) is 47.9 Å². The zero-order chi connectivity index (χ0) is 34.9. The van der Waals surface area contributed by atoms with Gasteiger partial charge in [-0.3, -0.25) is 24.1 Å². The monoisotopic (exact) mass is 691 g/mol. The first-order valence-electron chi connectivity index (χ1n) is 17.6. The van der Waals surface area contributed by atoms with Crippen LogP contribution in [0.3, 0.4) is 0 Å². The number of hydrogen-bond donors (Lipinski definition) is 2. The van der Waals surface area contributed by atoms with E-state index in [0.717, 1.165) is 73.8 Å². The van der Waals surface area contributed by atoms with Gasteiger partial charge in [0.1, 0.15) is 11.2 Å². The summed E-state index contributed by atoms with van der Waals surface area (Å²) in [5.41, 5.74) is 3.59. The number of nitrogens with zero attached hydrogens (tertiary/aromatic N) is 4. The smallest absolute Gasteiger partial charge is 0.303 e. The highest BCUT2D eigenvalue weighted by Crippen LogP contribution is 2.40. The molecule has 1 aliphatic carbocycles. The Labute approximate surface area is 292 Å². The molecule has 2 amide bonds. The molecule has 0 radical (unpaired) electrons. The summed E-state index contributed by atoms with van der Waals surface area (Å²) in [6.07, 6.45) is 11.6. The van der Waals surface area contributed by atoms with Gasteiger partial charge in [-0.2, -0.15) is 5.10 Å². The van der Waals surface area contributed by atoms with E-state index in [2.05, 4.69) is 29.2 Å². The Kier molecular flexibility index (Phi) is 12.8. The fraction of sp³-hybridized carbons (Fsp3) is 0.541. The van der Waals surface area contributed by atoms with Crippen LogP contribution in [0.15, 0.2) is 36.7 Å². The van der Waals surface area contributed by atoms with Crippen molar-refractivity contribution >= 4 is 39.9 Å². The zero-order valence-corrected chi connectivity index (χ0v) is 29.7. The highest BCUT2D eigenvalue weighted by atomic mass is 32.1. The molecule has 1 aromatic carbocycles. The fourth-order valence-electron chi connectivity index (χ4n) is 6.81. The Bertz CT molecular complexity index is 1620. The number of likely N-dealkylation sites (N-methyl/N-ethyl adjacent to an activating group) is 1. The van der Waals surface area contributed by atoms with Gasteiger partial charge >= 0.3 is 5.97 Å². The number of aliphatic carboxylic acids is 1. The molecular weight excluding hydrogens is 643 g/mol. The van der Waals surface area contributed by atoms with Gasteiger partial charge < -0.3 is 20.1 Å². The van der Waals surface area contributed by atoms with Gasteiger partial charge in [0.2, 0.25) is 5.91 Å². The van der Waals surface area contributed by atoms with Crippen LogP contribution >= 0.6 is 11.3 Å². The van der Waals surface area contributed by atoms with E-state index in [1.165, 1.54) is 11.3 Å². The van der Waals surface area contributed by atoms with E-state index in [4.69, 9.17) is 9.84 Å². The summed E-state index contributed by atoms with van der Waals surface area (Å²) < 4.78 is 7.62. The number of aryl methyl sites for hydroxylation is 1. The molecule has 0 bridgehead atoms. The van der Waals surface area contributed by atoms with Crippen LogP contribution in [0.1, 0.15) is 120 Å². The van der Waals surface area contributed by atoms with Crippen LogP contribution in [0.4, 0.5) is 5.00 Å². The molecular formula is C37H49N5O6S. The average Bonchev–Trinajstić information content (AvgIpc) is 3.75. The fourth-order valence-corrected chi connectivity index (χ4v) is 8.09. The number of nitrogens with one attached hydrogen (secondary N) is 1. The van der Waals surface area contributed by atoms with Crippen molar-refractivity contribution in [3.05, 3.63) is 69.4 Å². The number of carbonyl (C=O) groups excluding carboxylic acids is 3. The Balaban J connectivity index is 1.31. The van der Waals surface area contributed by atoms with Crippen LogP contribution in [0.5, 0.6) is 0 Å². The van der Waals surface area contributed by atoms with Crippen LogP contribution in [-0.2, 0) is 33.7 Å². The standard InChI is InChI=1S/C37H49N5O6S/c1-4-28(5-2)41(19-18-40(3)31(43)16-17-33(44)45)23-25-11-10-12-26(21-25)36(47)39-37-34(29-13-6-7-14-30(29)49-37)35(46)27-22-38-42(24-27)32-15-8-9-20-48-32/h10-12,21-22,24,28,32H,4-9,13-20,23H2,1-3H3,(H,39,47)(H,44,45). The maximum Gasteiger partial charge on any atom is 0.303 e. The number of carboxylic acid groups (broad SMARTS) is 1. The van der Waals surface area contributed by atoms with E-state index < -0.39 is 5.97 Å². The second-order valence-electron chi connectivity index (χ2n) is 13.1. The molecule has 11 nitrogen and oxygen atoms in total. The van der Waals surface area contributed by atoms with Crippen LogP contribution in [-0.4, -0.2) is 81.0 Å². The number of anilines is 1. The Morgan fingerprint density at radius 3 is 2.59 bits per heavy atom. The quantitative estimate of drug-likeness (QED) is 0.167. The zero-order valence-electron chi connectivity index (χ0n) is 28.9. The van der Waals surface area contributed by atoms with E-state index in [1.54, 1.807) is 35.1 Å². The number of aromatic nitrogens is 2. The molecule has 2 aromatic heterocycles. The molecule has 0 spiro atoms. The first-order chi connectivity index (χ1) is 23.7. The van der Waals surface area contributed by atoms with Crippen LogP contribution < -0.4 is 5.32 Å². The third-order valence-electron chi connectivity index (χ3n) is 9.67. The number of benzene rings is 1. The third-order valence-corrected chi connectivity index (χ3v) is 10.9. The van der Waals surface area contributed by atoms with Gasteiger partial charge in [0, 0.05) is 62.4 Å². The summed E-state index contributed by atoms with van der Waals surface area (Å²) in [5, 5.41) is 17.1. The summed E-state index contributed by atoms with van der Waals surface area (Å²) in [4.78, 5) is 56.3. The second-order valence-corrected chi connectivity index (χ2v) is 14.2. The number of ketones is 1. The lowest BCUT2D eigenvalue weighted by Gasteiger charge is -2.32. The van der Waals surface area contributed by atoms with Crippen molar-refractivity contribution in [1.29, 1.82) is 0 Å². The van der Waals surface area contributed by atoms with Gasteiger partial charge in [0.25, 0.3) is 5.91 Å². The summed E-state index contributed by atoms with van der Waals surface area (Å²) in [5.74, 6) is -1.56. The van der Waals surface area contributed by atoms with Crippen molar-refractivity contribution in [2.24, 2.45) is 0 Å². The summed E-state index contributed by atoms with van der Waals surface area (Å²) in [6.45, 7) is 6.65. The van der Waals surface area contributed by atoms with Crippen molar-refractivity contribution in [3.8, 4) is 0 Å². The maximum absolute atomic E-state index is 14.0. The van der Waals surface area contributed by atoms with Crippen molar-refractivity contribution in [2.45, 2.75) is 103 Å². The molecule has 2 aliphatic rings. The predicted octanol–water partition coefficient (Wildman–Crippen LogP) is 6.32. The minimum absolute atomic E-state index is 0.0203. The van der Waals surface area contributed by atoms with Crippen molar-refractivity contribution in [2.75, 3.05) is 32.1 Å². The lowest BCUT2D eigenvalue weighted by molar-refractivity contribution is -0.140. The SMILES string of the molecule is CCC(CC)N(CCN(C)C(=O)CCC(=O)O)Cc1cccc(C(=O)Nc2sc3c(c2C(=O)c2cnn(C4CCCCO4)c2)CCCC3)c1. The summed E-state index contributed by atoms with van der Waals surface area (Å²) >= 11 is 1.51. The molecule has 12 heteroatoms. The molecule has 1 saturated heterocycles. The Morgan fingerprint density at radius 2 is 1.86 bits per heavy atom. The van der Waals surface area contributed by atoms with Crippen LogP contribution in [0.2, 0.25) is 0 Å². The molecule has 3 heterocycles. The van der Waals surface area contributed by atoms with Crippen LogP contribution in [0.25, 0.3) is 0 Å². The van der Waals surface area contributed by atoms with Gasteiger partial charge in [-0.15, -0.1) is 11.3 Å². The molecule has 1 atom stereocenters. The third kappa shape index (κ3) is 9.23. The van der Waals surface area contributed by atoms with Crippen LogP contribution in [0, 0.1) is 0 Å². The normalized spacial score (nSPS) is 16.1. The molecule has 264 valence electrons. The second kappa shape index (κ2) is 17.2. The Morgan fingerprint density at radius 1 is 1.06 bits per heavy atom. The minimum Gasteiger partial charge on any atom is -0.481 e. The number of amides is 2. The summed E-state index contributed by atoms with van der Waals surface area (Å²) in [6, 6.07) is 7.85. The topological polar surface area (TPSA) is 134 Å². The average molecular weight is 692 g/mol. The van der Waals surface area contributed by atoms with E-state index in [-0.39, 0.29) is 42.7 Å². The lowest BCUT2D eigenvalue weighted by atomic mass is 9.92. The number of thiophene rings is 1. The molecule has 3 aromatic rings. The van der Waals surface area contributed by atoms with E-state index >= 15 is 0 Å². The lowest BCUT2D eigenvalue weighted by Crippen LogP contribution is -2.41. The summed E-state index contributed by atoms with van der Waals surface area (Å²) in [7, 11) is 1.71. The number of hydrogen-bond acceptors (Lipinski definition) is 8. The van der Waals surface area contributed by atoms with Gasteiger partial charge in [-0.05, 0) is 81.0 Å². The molecule has 2 N–H and O–H groups in total. The van der Waals surface area contributed by atoms with Gasteiger partial charge in [-0.1, -0.05) is 26.0 Å². The van der Waals surface area contributed by atoms with E-state index in [9.17, 15) is 19.2 Å². The van der Waals surface area contributed by atoms with Gasteiger partial charge in [-0.25, -0.2) is 4.68 Å². The number of carboxylic acids is 1. The first-order valence-corrected chi connectivity index (χ1v) is 18.4. The molecule has 0 saturated carbocycles. The Hall–Kier alpha value is -3.87. The molecule has 49 heavy (non-hydrogen) atoms. The maximum atomic E-state index is 14.0. The minimum atomic E-state index is -0.983. The highest BCUT2D eigenvalue weighted by Gasteiger charge is 2.29. The molecule has 1 aliphatic heterocycles. The number of rotatable bonds is 16.